The first-order valence-corrected chi connectivity index (χ1v) is 9.05. The smallest absolute Gasteiger partial charge is 0.303 e. The topological polar surface area (TPSA) is 87.5 Å². The summed E-state index contributed by atoms with van der Waals surface area (Å²) in [6, 6.07) is 7.92. The molecule has 0 aliphatic carbocycles. The highest BCUT2D eigenvalue weighted by molar-refractivity contribution is 6.30. The van der Waals surface area contributed by atoms with Crippen LogP contribution in [0.3, 0.4) is 0 Å². The standard InChI is InChI=1S/C19H24ClNO3.H2O/c20-17-5-2-14(3-6-17)1-4-16-13-21(11-9-15(16)10-12-21)18(22)7-8-19(23)24;/h2-6,15,18,22H,1,7-13H2;1H2/b16-4+;. The van der Waals surface area contributed by atoms with E-state index in [0.29, 0.717) is 16.8 Å². The van der Waals surface area contributed by atoms with Gasteiger partial charge in [0.15, 0.2) is 6.23 Å². The SMILES string of the molecule is O=C(O)CCC(O)[N+]12CCC(CC1)/C(=C/Cc1ccc(Cl)cc1)C2.[OH-]. The molecule has 3 fully saturated rings. The number of rotatable bonds is 6. The number of carbonyl (C=O) groups is 1. The molecule has 1 unspecified atom stereocenters. The molecule has 0 amide bonds. The number of halogens is 1. The van der Waals surface area contributed by atoms with Gasteiger partial charge in [-0.15, -0.1) is 0 Å². The second kappa shape index (κ2) is 8.32. The third-order valence-electron chi connectivity index (χ3n) is 5.63. The zero-order valence-electron chi connectivity index (χ0n) is 14.3. The molecule has 2 bridgehead atoms. The number of allylic oxidation sites excluding steroid dienone is 1. The van der Waals surface area contributed by atoms with Gasteiger partial charge < -0.3 is 15.7 Å². The third kappa shape index (κ3) is 4.61. The second-order valence-electron chi connectivity index (χ2n) is 7.12. The van der Waals surface area contributed by atoms with E-state index in [1.165, 1.54) is 11.1 Å². The number of piperidine rings is 3. The average molecular weight is 368 g/mol. The number of carboxylic acids is 1. The lowest BCUT2D eigenvalue weighted by Crippen LogP contribution is -2.64. The Balaban J connectivity index is 0.00000225. The van der Waals surface area contributed by atoms with Crippen LogP contribution in [0, 0.1) is 5.92 Å². The Kier molecular flexibility index (Phi) is 6.63. The second-order valence-corrected chi connectivity index (χ2v) is 7.56. The molecule has 1 aromatic rings. The van der Waals surface area contributed by atoms with Crippen LogP contribution >= 0.6 is 11.6 Å². The van der Waals surface area contributed by atoms with Crippen molar-refractivity contribution < 1.29 is 25.0 Å². The molecule has 6 heteroatoms. The van der Waals surface area contributed by atoms with Crippen molar-refractivity contribution in [1.82, 2.24) is 0 Å². The van der Waals surface area contributed by atoms with Gasteiger partial charge >= 0.3 is 5.97 Å². The van der Waals surface area contributed by atoms with E-state index in [-0.39, 0.29) is 11.9 Å². The molecule has 4 rings (SSSR count). The summed E-state index contributed by atoms with van der Waals surface area (Å²) in [4.78, 5) is 10.8. The fraction of sp³-hybridized carbons (Fsp3) is 0.526. The predicted molar refractivity (Wildman–Crippen MR) is 95.6 cm³/mol. The maximum atomic E-state index is 10.8. The largest absolute Gasteiger partial charge is 0.870 e. The first kappa shape index (κ1) is 19.9. The minimum Gasteiger partial charge on any atom is -0.870 e. The summed E-state index contributed by atoms with van der Waals surface area (Å²) in [6.07, 6.45) is 5.19. The van der Waals surface area contributed by atoms with Crippen LogP contribution < -0.4 is 0 Å². The van der Waals surface area contributed by atoms with Gasteiger partial charge in [-0.1, -0.05) is 29.8 Å². The van der Waals surface area contributed by atoms with E-state index < -0.39 is 12.2 Å². The molecule has 0 radical (unpaired) electrons. The van der Waals surface area contributed by atoms with Crippen LogP contribution in [0.2, 0.25) is 5.02 Å². The van der Waals surface area contributed by atoms with Gasteiger partial charge in [0.25, 0.3) is 0 Å². The van der Waals surface area contributed by atoms with E-state index in [2.05, 4.69) is 6.08 Å². The van der Waals surface area contributed by atoms with E-state index in [0.717, 1.165) is 43.9 Å². The summed E-state index contributed by atoms with van der Waals surface area (Å²) >= 11 is 5.93. The van der Waals surface area contributed by atoms with Gasteiger partial charge in [-0.3, -0.25) is 9.28 Å². The lowest BCUT2D eigenvalue weighted by molar-refractivity contribution is -0.978. The number of benzene rings is 1. The molecule has 0 spiro atoms. The lowest BCUT2D eigenvalue weighted by Gasteiger charge is -2.52. The van der Waals surface area contributed by atoms with Gasteiger partial charge in [-0.05, 0) is 35.6 Å². The highest BCUT2D eigenvalue weighted by Crippen LogP contribution is 2.39. The molecule has 0 saturated carbocycles. The zero-order chi connectivity index (χ0) is 17.2. The fourth-order valence-electron chi connectivity index (χ4n) is 4.13. The third-order valence-corrected chi connectivity index (χ3v) is 5.88. The Morgan fingerprint density at radius 2 is 1.92 bits per heavy atom. The first-order chi connectivity index (χ1) is 11.5. The molecule has 1 aromatic carbocycles. The van der Waals surface area contributed by atoms with E-state index >= 15 is 0 Å². The number of aliphatic hydroxyl groups is 1. The van der Waals surface area contributed by atoms with Gasteiger partial charge in [0, 0.05) is 24.3 Å². The number of hydrogen-bond acceptors (Lipinski definition) is 3. The van der Waals surface area contributed by atoms with Gasteiger partial charge in [-0.2, -0.15) is 0 Å². The number of carboxylic acid groups (broad SMARTS) is 1. The Bertz CT molecular complexity index is 621. The Morgan fingerprint density at radius 1 is 1.28 bits per heavy atom. The normalized spacial score (nSPS) is 27.8. The van der Waals surface area contributed by atoms with Crippen molar-refractivity contribution in [2.24, 2.45) is 5.92 Å². The van der Waals surface area contributed by atoms with Crippen molar-refractivity contribution in [3.05, 3.63) is 46.5 Å². The zero-order valence-corrected chi connectivity index (χ0v) is 15.0. The number of hydrogen-bond donors (Lipinski definition) is 2. The minimum atomic E-state index is -0.836. The summed E-state index contributed by atoms with van der Waals surface area (Å²) < 4.78 is 0.649. The van der Waals surface area contributed by atoms with E-state index in [1.807, 2.05) is 24.3 Å². The predicted octanol–water partition coefficient (Wildman–Crippen LogP) is 3.06. The van der Waals surface area contributed by atoms with E-state index in [4.69, 9.17) is 16.7 Å². The maximum Gasteiger partial charge on any atom is 0.303 e. The molecule has 25 heavy (non-hydrogen) atoms. The van der Waals surface area contributed by atoms with Crippen LogP contribution in [0.15, 0.2) is 35.9 Å². The quantitative estimate of drug-likeness (QED) is 0.597. The summed E-state index contributed by atoms with van der Waals surface area (Å²) in [7, 11) is 0. The summed E-state index contributed by atoms with van der Waals surface area (Å²) in [5.41, 5.74) is 2.66. The van der Waals surface area contributed by atoms with Gasteiger partial charge in [0.2, 0.25) is 0 Å². The molecule has 5 nitrogen and oxygen atoms in total. The molecule has 0 aromatic heterocycles. The molecule has 3 saturated heterocycles. The van der Waals surface area contributed by atoms with Crippen molar-refractivity contribution in [2.75, 3.05) is 19.6 Å². The van der Waals surface area contributed by atoms with Crippen LogP contribution in [0.1, 0.15) is 31.2 Å². The monoisotopic (exact) mass is 367 g/mol. The van der Waals surface area contributed by atoms with Crippen LogP contribution in [-0.2, 0) is 11.2 Å². The van der Waals surface area contributed by atoms with Crippen LogP contribution in [0.5, 0.6) is 0 Å². The number of quaternary nitrogens is 1. The minimum absolute atomic E-state index is 0. The Hall–Kier alpha value is -1.40. The first-order valence-electron chi connectivity index (χ1n) is 8.67. The molecule has 3 N–H and O–H groups in total. The number of nitrogens with zero attached hydrogens (tertiary/aromatic N) is 1. The van der Waals surface area contributed by atoms with Gasteiger partial charge in [0.1, 0.15) is 6.54 Å². The Morgan fingerprint density at radius 3 is 2.52 bits per heavy atom. The molecular formula is C19H26ClNO4. The molecule has 3 aliphatic heterocycles. The van der Waals surface area contributed by atoms with Crippen molar-refractivity contribution in [2.45, 2.75) is 38.3 Å². The number of aliphatic hydroxyl groups excluding tert-OH is 1. The summed E-state index contributed by atoms with van der Waals surface area (Å²) in [6.45, 7) is 2.78. The van der Waals surface area contributed by atoms with Gasteiger partial charge in [0.05, 0.1) is 19.5 Å². The fourth-order valence-corrected chi connectivity index (χ4v) is 4.26. The highest BCUT2D eigenvalue weighted by Gasteiger charge is 2.46. The molecular weight excluding hydrogens is 342 g/mol. The average Bonchev–Trinajstić information content (AvgIpc) is 2.60. The lowest BCUT2D eigenvalue weighted by atomic mass is 9.80. The van der Waals surface area contributed by atoms with Crippen molar-refractivity contribution in [3.63, 3.8) is 0 Å². The molecule has 1 atom stereocenters. The van der Waals surface area contributed by atoms with Crippen LogP contribution in [-0.4, -0.2) is 52.0 Å². The van der Waals surface area contributed by atoms with Crippen LogP contribution in [0.25, 0.3) is 0 Å². The number of aliphatic carboxylic acids is 1. The highest BCUT2D eigenvalue weighted by atomic mass is 35.5. The van der Waals surface area contributed by atoms with Crippen molar-refractivity contribution in [3.8, 4) is 0 Å². The molecule has 3 aliphatic rings. The summed E-state index contributed by atoms with van der Waals surface area (Å²) in [5, 5.41) is 20.2. The maximum absolute atomic E-state index is 10.8. The van der Waals surface area contributed by atoms with Crippen LogP contribution in [0.4, 0.5) is 0 Å². The van der Waals surface area contributed by atoms with E-state index in [9.17, 15) is 9.90 Å². The Labute approximate surface area is 153 Å². The van der Waals surface area contributed by atoms with Gasteiger partial charge in [-0.25, -0.2) is 0 Å². The van der Waals surface area contributed by atoms with Crippen molar-refractivity contribution in [1.29, 1.82) is 0 Å². The molecule has 138 valence electrons. The summed E-state index contributed by atoms with van der Waals surface area (Å²) in [5.74, 6) is -0.207. The molecule has 3 heterocycles. The van der Waals surface area contributed by atoms with Crippen molar-refractivity contribution >= 4 is 17.6 Å². The number of fused-ring (bicyclic) bond motifs is 3. The van der Waals surface area contributed by atoms with E-state index in [1.54, 1.807) is 0 Å².